The Morgan fingerprint density at radius 2 is 0.585 bits per heavy atom. The van der Waals surface area contributed by atoms with E-state index in [0.29, 0.717) is 0 Å². The molecule has 6 aromatic carbocycles. The zero-order valence-corrected chi connectivity index (χ0v) is 31.0. The third-order valence-corrected chi connectivity index (χ3v) is 9.72. The molecular formula is C41H13F11N2O11. The van der Waals surface area contributed by atoms with Gasteiger partial charge in [0.25, 0.3) is 11.8 Å². The summed E-state index contributed by atoms with van der Waals surface area (Å²) in [5.41, 5.74) is 1.02. The molecule has 65 heavy (non-hydrogen) atoms. The molecule has 6 aromatic rings. The van der Waals surface area contributed by atoms with E-state index in [-0.39, 0.29) is 71.0 Å². The number of rotatable bonds is 1. The van der Waals surface area contributed by atoms with Crippen molar-refractivity contribution in [2.75, 3.05) is 17.8 Å². The summed E-state index contributed by atoms with van der Waals surface area (Å²) in [6.45, 7) is 0. The minimum Gasteiger partial charge on any atom is -0.394 e. The van der Waals surface area contributed by atoms with E-state index in [1.807, 2.05) is 0 Å². The highest BCUT2D eigenvalue weighted by atomic mass is 19.2. The summed E-state index contributed by atoms with van der Waals surface area (Å²) in [5, 5.41) is 0.280. The topological polar surface area (TPSA) is 194 Å². The average molecular weight is 920 g/mol. The van der Waals surface area contributed by atoms with Crippen LogP contribution in [0.15, 0.2) is 48.5 Å². The van der Waals surface area contributed by atoms with Crippen molar-refractivity contribution in [2.45, 2.75) is 0 Å². The zero-order valence-electron chi connectivity index (χ0n) is 32.0. The summed E-state index contributed by atoms with van der Waals surface area (Å²) >= 11 is 0. The molecule has 330 valence electrons. The normalized spacial score (nSPS) is 14.4. The average Bonchev–Trinajstić information content (AvgIpc) is 3.29. The van der Waals surface area contributed by atoms with E-state index in [9.17, 15) is 86.7 Å². The molecule has 13 nitrogen and oxygen atoms in total. The molecule has 0 saturated heterocycles. The van der Waals surface area contributed by atoms with Crippen molar-refractivity contribution in [3.05, 3.63) is 151 Å². The molecule has 4 aliphatic rings. The first kappa shape index (κ1) is 43.1. The van der Waals surface area contributed by atoms with Crippen molar-refractivity contribution in [3.8, 4) is 0 Å². The number of alkyl halides is 1. The molecule has 24 heteroatoms. The molecule has 4 heterocycles. The van der Waals surface area contributed by atoms with Gasteiger partial charge in [0.15, 0.2) is 46.5 Å². The van der Waals surface area contributed by atoms with Gasteiger partial charge in [0.2, 0.25) is 11.6 Å². The van der Waals surface area contributed by atoms with Gasteiger partial charge in [-0.2, -0.15) is 0 Å². The number of halogens is 11. The highest BCUT2D eigenvalue weighted by molar-refractivity contribution is 6.38. The van der Waals surface area contributed by atoms with Crippen LogP contribution in [0.2, 0.25) is 0 Å². The van der Waals surface area contributed by atoms with Crippen LogP contribution in [0.1, 0.15) is 84.2 Å². The van der Waals surface area contributed by atoms with Crippen LogP contribution in [0.25, 0.3) is 21.5 Å². The van der Waals surface area contributed by atoms with E-state index in [4.69, 9.17) is 1.37 Å². The van der Waals surface area contributed by atoms with Crippen LogP contribution in [0.3, 0.4) is 0 Å². The molecule has 0 spiro atoms. The Balaban J connectivity index is 0.000000158. The number of ether oxygens (including phenoxy) is 3. The Morgan fingerprint density at radius 1 is 0.385 bits per heavy atom. The van der Waals surface area contributed by atoms with Crippen molar-refractivity contribution >= 4 is 80.5 Å². The van der Waals surface area contributed by atoms with Gasteiger partial charge < -0.3 is 19.9 Å². The standard InChI is InChI=1S/C20H4F5NO5.C14H4O6.C6H2F5N.CH3F/c21-11-12(22)14(24)16(15(25)13(11)23)26-17(27)5-1-3-7-10-8(20(30)31-19(7)29)4-2-6(9(5)10)18(26)28;15-11-5-1-2-6-10-8(14(18)20-12(6)16)4-3-7(9(5)10)13(17)19-11;7-1-2(8)4(10)6(12)5(11)3(1)9;1-2/h1-4H;1-4H;12H2;1H3/i;;;1D. The molecule has 0 fully saturated rings. The Labute approximate surface area is 351 Å². The number of imide groups is 1. The first-order valence-corrected chi connectivity index (χ1v) is 17.1. The van der Waals surface area contributed by atoms with Crippen molar-refractivity contribution in [1.29, 1.82) is 0 Å². The molecule has 0 aromatic heterocycles. The second-order valence-electron chi connectivity index (χ2n) is 13.0. The zero-order chi connectivity index (χ0) is 48.5. The van der Waals surface area contributed by atoms with Gasteiger partial charge in [-0.15, -0.1) is 0 Å². The molecule has 4 aliphatic heterocycles. The van der Waals surface area contributed by atoms with Gasteiger partial charge in [-0.1, -0.05) is 0 Å². The minimum absolute atomic E-state index is 0.0880. The van der Waals surface area contributed by atoms with Crippen LogP contribution >= 0.6 is 0 Å². The van der Waals surface area contributed by atoms with E-state index in [2.05, 4.69) is 19.9 Å². The smallest absolute Gasteiger partial charge is 0.346 e. The first-order valence-electron chi connectivity index (χ1n) is 17.8. The fourth-order valence-electron chi connectivity index (χ4n) is 6.90. The largest absolute Gasteiger partial charge is 0.394 e. The van der Waals surface area contributed by atoms with E-state index >= 15 is 0 Å². The Morgan fingerprint density at radius 3 is 0.846 bits per heavy atom. The maximum atomic E-state index is 14.3. The monoisotopic (exact) mass is 919 g/mol. The Kier molecular flexibility index (Phi) is 10.6. The number of carbonyl (C=O) groups excluding carboxylic acids is 8. The van der Waals surface area contributed by atoms with Crippen LogP contribution in [0.4, 0.5) is 59.7 Å². The van der Waals surface area contributed by atoms with Crippen LogP contribution in [-0.2, 0) is 14.2 Å². The molecular weight excluding hydrogens is 905 g/mol. The van der Waals surface area contributed by atoms with Crippen molar-refractivity contribution in [1.82, 2.24) is 0 Å². The van der Waals surface area contributed by atoms with Gasteiger partial charge in [-0.25, -0.2) is 77.6 Å². The van der Waals surface area contributed by atoms with Gasteiger partial charge in [0.1, 0.15) is 11.4 Å². The van der Waals surface area contributed by atoms with Crippen molar-refractivity contribution < 1.29 is 102 Å². The Bertz CT molecular complexity index is 2990. The summed E-state index contributed by atoms with van der Waals surface area (Å²) in [4.78, 5) is 96.7. The molecule has 0 saturated carbocycles. The van der Waals surface area contributed by atoms with E-state index in [0.717, 1.165) is 24.3 Å². The number of nitrogens with zero attached hydrogens (tertiary/aromatic N) is 1. The quantitative estimate of drug-likeness (QED) is 0.0248. The van der Waals surface area contributed by atoms with Crippen LogP contribution in [0, 0.1) is 58.2 Å². The molecule has 0 radical (unpaired) electrons. The molecule has 10 rings (SSSR count). The van der Waals surface area contributed by atoms with Crippen molar-refractivity contribution in [3.63, 3.8) is 0 Å². The number of anilines is 2. The van der Waals surface area contributed by atoms with Gasteiger partial charge in [-0.3, -0.25) is 14.0 Å². The number of hydrogen-bond acceptors (Lipinski definition) is 12. The molecule has 2 N–H and O–H groups in total. The van der Waals surface area contributed by atoms with Gasteiger partial charge >= 0.3 is 35.8 Å². The summed E-state index contributed by atoms with van der Waals surface area (Å²) in [6.07, 6.45) is 0. The van der Waals surface area contributed by atoms with Crippen LogP contribution in [-0.4, -0.2) is 54.8 Å². The number of amides is 2. The predicted octanol–water partition coefficient (Wildman–Crippen LogP) is 7.66. The lowest BCUT2D eigenvalue weighted by Gasteiger charge is -2.29. The number of esters is 6. The minimum atomic E-state index is -2.45. The number of hydrogen-bond donors (Lipinski definition) is 1. The number of benzene rings is 6. The second kappa shape index (κ2) is 16.0. The maximum absolute atomic E-state index is 14.3. The number of nitrogen functional groups attached to an aromatic ring is 1. The predicted molar refractivity (Wildman–Crippen MR) is 192 cm³/mol. The number of cyclic esters (lactones) is 6. The SMILES string of the molecule is Nc1c(F)c(F)c(F)c(F)c1F.O=C1OC(=O)c2ccc3c4c(ccc1c24)C(=O)N(c1c(F)c(F)c(F)c(F)c1F)C3=O.O=C1OC(=O)c2ccc3c4c(ccc1c24)C(=O)OC3=O.[2H]CF. The fourth-order valence-corrected chi connectivity index (χ4v) is 6.90. The highest BCUT2D eigenvalue weighted by Crippen LogP contribution is 2.41. The number of carbonyl (C=O) groups is 8. The lowest BCUT2D eigenvalue weighted by atomic mass is 9.87. The lowest BCUT2D eigenvalue weighted by molar-refractivity contribution is 0.0366. The summed E-state index contributed by atoms with van der Waals surface area (Å²) < 4.78 is 160. The van der Waals surface area contributed by atoms with Gasteiger partial charge in [0.05, 0.1) is 41.9 Å². The van der Waals surface area contributed by atoms with Gasteiger partial charge in [-0.05, 0) is 48.5 Å². The fraction of sp³-hybridized carbons (Fsp3) is 0.0244. The molecule has 0 bridgehead atoms. The third kappa shape index (κ3) is 6.55. The molecule has 2 amide bonds. The van der Waals surface area contributed by atoms with Crippen LogP contribution < -0.4 is 10.6 Å². The van der Waals surface area contributed by atoms with Crippen LogP contribution in [0.5, 0.6) is 0 Å². The number of nitrogens with two attached hydrogens (primary N) is 1. The summed E-state index contributed by atoms with van der Waals surface area (Å²) in [6, 6.07) is 9.76. The van der Waals surface area contributed by atoms with E-state index in [1.165, 1.54) is 24.3 Å². The molecule has 0 atom stereocenters. The molecule has 0 aliphatic carbocycles. The highest BCUT2D eigenvalue weighted by Gasteiger charge is 2.43. The first-order chi connectivity index (χ1) is 31.1. The summed E-state index contributed by atoms with van der Waals surface area (Å²) in [7, 11) is -1.00. The van der Waals surface area contributed by atoms with Gasteiger partial charge in [0, 0.05) is 32.7 Å². The third-order valence-electron chi connectivity index (χ3n) is 9.72. The summed E-state index contributed by atoms with van der Waals surface area (Å²) in [5.74, 6) is -30.2. The van der Waals surface area contributed by atoms with E-state index < -0.39 is 124 Å². The molecule has 0 unspecified atom stereocenters. The van der Waals surface area contributed by atoms with E-state index in [1.54, 1.807) is 0 Å². The second-order valence-corrected chi connectivity index (χ2v) is 13.0. The Hall–Kier alpha value is -8.57. The van der Waals surface area contributed by atoms with Crippen molar-refractivity contribution in [2.24, 2.45) is 0 Å². The maximum Gasteiger partial charge on any atom is 0.346 e. The lowest BCUT2D eigenvalue weighted by Crippen LogP contribution is -2.42.